The minimum absolute atomic E-state index is 0.907. The highest BCUT2D eigenvalue weighted by Crippen LogP contribution is 2.33. The molecule has 1 aliphatic heterocycles. The molecule has 6 heteroatoms. The summed E-state index contributed by atoms with van der Waals surface area (Å²) in [4.78, 5) is 19.2. The van der Waals surface area contributed by atoms with E-state index in [9.17, 15) is 0 Å². The quantitative estimate of drug-likeness (QED) is 0.695. The molecule has 0 amide bonds. The van der Waals surface area contributed by atoms with Crippen LogP contribution in [0.25, 0.3) is 10.2 Å². The van der Waals surface area contributed by atoms with Gasteiger partial charge in [-0.2, -0.15) is 0 Å². The number of hydrogen-bond acceptors (Lipinski definition) is 6. The summed E-state index contributed by atoms with van der Waals surface area (Å²) in [6.45, 7) is 8.15. The van der Waals surface area contributed by atoms with Crippen LogP contribution in [0, 0.1) is 13.8 Å². The van der Waals surface area contributed by atoms with Gasteiger partial charge in [0.05, 0.1) is 10.2 Å². The summed E-state index contributed by atoms with van der Waals surface area (Å²) in [7, 11) is 0. The van der Waals surface area contributed by atoms with E-state index in [1.54, 1.807) is 0 Å². The Labute approximate surface area is 157 Å². The summed E-state index contributed by atoms with van der Waals surface area (Å²) in [5.74, 6) is 2.09. The Hall–Kier alpha value is -2.21. The molecule has 0 unspecified atom stereocenters. The first-order chi connectivity index (χ1) is 12.7. The van der Waals surface area contributed by atoms with Gasteiger partial charge in [0, 0.05) is 37.4 Å². The van der Waals surface area contributed by atoms with Gasteiger partial charge in [0.15, 0.2) is 5.13 Å². The van der Waals surface area contributed by atoms with Crippen molar-refractivity contribution in [3.8, 4) is 0 Å². The van der Waals surface area contributed by atoms with E-state index in [1.807, 2.05) is 18.3 Å². The monoisotopic (exact) mass is 365 g/mol. The number of nitrogens with zero attached hydrogens (tertiary/aromatic N) is 5. The average molecular weight is 366 g/mol. The van der Waals surface area contributed by atoms with Crippen molar-refractivity contribution in [2.45, 2.75) is 33.1 Å². The molecule has 3 aromatic rings. The standard InChI is InChI=1S/C20H23N5S/c1-13-5-3-8-17-18(13)23-20(26-17)25-11-9-24(10-12-25)19-15-6-4-7-16(15)21-14(2)22-19/h3,5,8H,4,6-7,9-12H2,1-2H3. The Bertz CT molecular complexity index is 972. The minimum Gasteiger partial charge on any atom is -0.353 e. The molecule has 0 N–H and O–H groups in total. The topological polar surface area (TPSA) is 45.2 Å². The van der Waals surface area contributed by atoms with E-state index in [0.717, 1.165) is 55.5 Å². The first kappa shape index (κ1) is 16.0. The average Bonchev–Trinajstić information content (AvgIpc) is 3.28. The first-order valence-corrected chi connectivity index (χ1v) is 10.2. The van der Waals surface area contributed by atoms with E-state index >= 15 is 0 Å². The highest BCUT2D eigenvalue weighted by molar-refractivity contribution is 7.22. The molecule has 134 valence electrons. The molecule has 0 atom stereocenters. The molecule has 0 radical (unpaired) electrons. The van der Waals surface area contributed by atoms with E-state index < -0.39 is 0 Å². The van der Waals surface area contributed by atoms with E-state index in [0.29, 0.717) is 0 Å². The second kappa shape index (κ2) is 6.20. The van der Waals surface area contributed by atoms with Gasteiger partial charge in [-0.15, -0.1) is 0 Å². The molecule has 0 spiro atoms. The van der Waals surface area contributed by atoms with E-state index in [1.165, 1.54) is 33.8 Å². The predicted octanol–water partition coefficient (Wildman–Crippen LogP) is 3.52. The van der Waals surface area contributed by atoms with Crippen molar-refractivity contribution in [2.75, 3.05) is 36.0 Å². The molecule has 5 rings (SSSR count). The van der Waals surface area contributed by atoms with Crippen LogP contribution in [0.15, 0.2) is 18.2 Å². The van der Waals surface area contributed by atoms with Crippen LogP contribution in [-0.2, 0) is 12.8 Å². The minimum atomic E-state index is 0.907. The molecule has 1 fully saturated rings. The van der Waals surface area contributed by atoms with Gasteiger partial charge in [-0.05, 0) is 44.7 Å². The molecule has 1 aliphatic carbocycles. The highest BCUT2D eigenvalue weighted by atomic mass is 32.1. The maximum Gasteiger partial charge on any atom is 0.186 e. The number of benzene rings is 1. The summed E-state index contributed by atoms with van der Waals surface area (Å²) >= 11 is 1.81. The van der Waals surface area contributed by atoms with Gasteiger partial charge < -0.3 is 9.80 Å². The molecule has 3 heterocycles. The van der Waals surface area contributed by atoms with Crippen molar-refractivity contribution in [3.63, 3.8) is 0 Å². The maximum atomic E-state index is 4.91. The lowest BCUT2D eigenvalue weighted by atomic mass is 10.2. The van der Waals surface area contributed by atoms with Crippen LogP contribution < -0.4 is 9.80 Å². The third-order valence-corrected chi connectivity index (χ3v) is 6.56. The van der Waals surface area contributed by atoms with Crippen LogP contribution in [-0.4, -0.2) is 41.1 Å². The largest absolute Gasteiger partial charge is 0.353 e. The second-order valence-electron chi connectivity index (χ2n) is 7.27. The van der Waals surface area contributed by atoms with E-state index in [4.69, 9.17) is 9.97 Å². The van der Waals surface area contributed by atoms with Crippen LogP contribution in [0.4, 0.5) is 10.9 Å². The Balaban J connectivity index is 1.37. The number of aryl methyl sites for hydroxylation is 3. The number of thiazole rings is 1. The highest BCUT2D eigenvalue weighted by Gasteiger charge is 2.26. The van der Waals surface area contributed by atoms with Gasteiger partial charge in [0.25, 0.3) is 0 Å². The van der Waals surface area contributed by atoms with Crippen molar-refractivity contribution in [1.82, 2.24) is 15.0 Å². The summed E-state index contributed by atoms with van der Waals surface area (Å²) in [6, 6.07) is 6.43. The molecule has 1 saturated heterocycles. The predicted molar refractivity (Wildman–Crippen MR) is 108 cm³/mol. The summed E-state index contributed by atoms with van der Waals surface area (Å²) < 4.78 is 1.28. The molecule has 1 aromatic carbocycles. The summed E-state index contributed by atoms with van der Waals surface area (Å²) in [5, 5.41) is 1.15. The molecule has 5 nitrogen and oxygen atoms in total. The van der Waals surface area contributed by atoms with Crippen molar-refractivity contribution in [1.29, 1.82) is 0 Å². The van der Waals surface area contributed by atoms with Gasteiger partial charge in [-0.1, -0.05) is 23.5 Å². The number of para-hydroxylation sites is 1. The fraction of sp³-hybridized carbons (Fsp3) is 0.450. The Morgan fingerprint density at radius 2 is 1.73 bits per heavy atom. The van der Waals surface area contributed by atoms with Crippen molar-refractivity contribution < 1.29 is 0 Å². The number of aromatic nitrogens is 3. The number of anilines is 2. The van der Waals surface area contributed by atoms with Crippen LogP contribution in [0.5, 0.6) is 0 Å². The fourth-order valence-corrected chi connectivity index (χ4v) is 5.21. The van der Waals surface area contributed by atoms with Gasteiger partial charge in [-0.25, -0.2) is 15.0 Å². The van der Waals surface area contributed by atoms with Crippen molar-refractivity contribution in [3.05, 3.63) is 40.8 Å². The van der Waals surface area contributed by atoms with Crippen LogP contribution >= 0.6 is 11.3 Å². The maximum absolute atomic E-state index is 4.91. The zero-order valence-corrected chi connectivity index (χ0v) is 16.1. The summed E-state index contributed by atoms with van der Waals surface area (Å²) in [5.41, 5.74) is 5.08. The van der Waals surface area contributed by atoms with E-state index in [2.05, 4.69) is 39.9 Å². The van der Waals surface area contributed by atoms with Crippen molar-refractivity contribution in [2.24, 2.45) is 0 Å². The molecule has 2 aromatic heterocycles. The van der Waals surface area contributed by atoms with Crippen LogP contribution in [0.1, 0.15) is 29.1 Å². The molecule has 0 saturated carbocycles. The lowest BCUT2D eigenvalue weighted by Gasteiger charge is -2.36. The van der Waals surface area contributed by atoms with E-state index in [-0.39, 0.29) is 0 Å². The SMILES string of the molecule is Cc1nc2c(c(N3CCN(c4nc5c(C)cccc5s4)CC3)n1)CCC2. The Morgan fingerprint density at radius 3 is 2.54 bits per heavy atom. The fourth-order valence-electron chi connectivity index (χ4n) is 4.11. The zero-order chi connectivity index (χ0) is 17.7. The molecule has 2 aliphatic rings. The summed E-state index contributed by atoms with van der Waals surface area (Å²) in [6.07, 6.45) is 3.45. The second-order valence-corrected chi connectivity index (χ2v) is 8.27. The number of piperazine rings is 1. The third kappa shape index (κ3) is 2.63. The normalized spacial score (nSPS) is 17.2. The van der Waals surface area contributed by atoms with Crippen LogP contribution in [0.3, 0.4) is 0 Å². The van der Waals surface area contributed by atoms with Crippen LogP contribution in [0.2, 0.25) is 0 Å². The lowest BCUT2D eigenvalue weighted by molar-refractivity contribution is 0.642. The number of rotatable bonds is 2. The molecular formula is C20H23N5S. The number of fused-ring (bicyclic) bond motifs is 2. The van der Waals surface area contributed by atoms with Crippen molar-refractivity contribution >= 4 is 32.5 Å². The Kier molecular flexibility index (Phi) is 3.81. The Morgan fingerprint density at radius 1 is 0.923 bits per heavy atom. The number of hydrogen-bond donors (Lipinski definition) is 0. The van der Waals surface area contributed by atoms with Gasteiger partial charge >= 0.3 is 0 Å². The first-order valence-electron chi connectivity index (χ1n) is 9.41. The molecular weight excluding hydrogens is 342 g/mol. The van der Waals surface area contributed by atoms with Gasteiger partial charge in [0.2, 0.25) is 0 Å². The lowest BCUT2D eigenvalue weighted by Crippen LogP contribution is -2.47. The molecule has 0 bridgehead atoms. The molecule has 26 heavy (non-hydrogen) atoms. The van der Waals surface area contributed by atoms with Gasteiger partial charge in [-0.3, -0.25) is 0 Å². The smallest absolute Gasteiger partial charge is 0.186 e. The zero-order valence-electron chi connectivity index (χ0n) is 15.3. The third-order valence-electron chi connectivity index (χ3n) is 5.48. The van der Waals surface area contributed by atoms with Gasteiger partial charge in [0.1, 0.15) is 11.6 Å².